The summed E-state index contributed by atoms with van der Waals surface area (Å²) in [6, 6.07) is 8.14. The molecule has 0 fully saturated rings. The van der Waals surface area contributed by atoms with E-state index in [1.165, 1.54) is 16.7 Å². The van der Waals surface area contributed by atoms with E-state index in [1.54, 1.807) is 32.0 Å². The first-order valence-electron chi connectivity index (χ1n) is 6.12. The predicted molar refractivity (Wildman–Crippen MR) is 74.3 cm³/mol. The molecule has 0 unspecified atom stereocenters. The molecule has 0 saturated heterocycles. The SMILES string of the molecule is Cc1cc(C)n(Cc2ccc(O)cc2)c(=O)c1C(=O)O. The molecule has 0 spiro atoms. The number of phenolic OH excluding ortho intramolecular Hbond substituents is 1. The first-order chi connectivity index (χ1) is 9.40. The Balaban J connectivity index is 2.52. The van der Waals surface area contributed by atoms with Crippen LogP contribution in [0.1, 0.15) is 27.2 Å². The molecule has 5 heteroatoms. The molecule has 5 nitrogen and oxygen atoms in total. The van der Waals surface area contributed by atoms with Crippen molar-refractivity contribution in [2.75, 3.05) is 0 Å². The molecule has 2 N–H and O–H groups in total. The van der Waals surface area contributed by atoms with Gasteiger partial charge in [-0.3, -0.25) is 4.79 Å². The second-order valence-electron chi connectivity index (χ2n) is 4.71. The van der Waals surface area contributed by atoms with Gasteiger partial charge in [0.05, 0.1) is 6.54 Å². The minimum atomic E-state index is -1.22. The summed E-state index contributed by atoms with van der Waals surface area (Å²) in [5.74, 6) is -1.07. The Morgan fingerprint density at radius 3 is 2.35 bits per heavy atom. The number of aromatic nitrogens is 1. The topological polar surface area (TPSA) is 79.5 Å². The number of aryl methyl sites for hydroxylation is 2. The first kappa shape index (κ1) is 13.9. The Labute approximate surface area is 115 Å². The summed E-state index contributed by atoms with van der Waals surface area (Å²) in [6.45, 7) is 3.65. The van der Waals surface area contributed by atoms with Gasteiger partial charge in [0.25, 0.3) is 5.56 Å². The molecule has 0 bridgehead atoms. The second-order valence-corrected chi connectivity index (χ2v) is 4.71. The number of phenols is 1. The number of nitrogens with zero attached hydrogens (tertiary/aromatic N) is 1. The molecule has 104 valence electrons. The Morgan fingerprint density at radius 2 is 1.80 bits per heavy atom. The molecule has 2 rings (SSSR count). The number of benzene rings is 1. The summed E-state index contributed by atoms with van der Waals surface area (Å²) in [7, 11) is 0. The Hall–Kier alpha value is -2.56. The van der Waals surface area contributed by atoms with Crippen LogP contribution in [0.3, 0.4) is 0 Å². The summed E-state index contributed by atoms with van der Waals surface area (Å²) in [4.78, 5) is 23.4. The number of carboxylic acid groups (broad SMARTS) is 1. The maximum Gasteiger partial charge on any atom is 0.341 e. The second kappa shape index (κ2) is 5.21. The van der Waals surface area contributed by atoms with E-state index in [-0.39, 0.29) is 17.9 Å². The highest BCUT2D eigenvalue weighted by atomic mass is 16.4. The van der Waals surface area contributed by atoms with Crippen LogP contribution >= 0.6 is 0 Å². The quantitative estimate of drug-likeness (QED) is 0.895. The van der Waals surface area contributed by atoms with Crippen LogP contribution < -0.4 is 5.56 Å². The lowest BCUT2D eigenvalue weighted by atomic mass is 10.1. The van der Waals surface area contributed by atoms with Crippen LogP contribution in [0.4, 0.5) is 0 Å². The van der Waals surface area contributed by atoms with Crippen molar-refractivity contribution in [1.82, 2.24) is 4.57 Å². The molecule has 2 aromatic rings. The Bertz CT molecular complexity index is 714. The van der Waals surface area contributed by atoms with Crippen molar-refractivity contribution in [3.8, 4) is 5.75 Å². The fraction of sp³-hybridized carbons (Fsp3) is 0.200. The first-order valence-corrected chi connectivity index (χ1v) is 6.12. The maximum absolute atomic E-state index is 12.3. The van der Waals surface area contributed by atoms with Crippen LogP contribution in [0.15, 0.2) is 35.1 Å². The van der Waals surface area contributed by atoms with Gasteiger partial charge < -0.3 is 14.8 Å². The fourth-order valence-corrected chi connectivity index (χ4v) is 2.17. The number of rotatable bonds is 3. The van der Waals surface area contributed by atoms with Gasteiger partial charge in [-0.25, -0.2) is 4.79 Å². The lowest BCUT2D eigenvalue weighted by molar-refractivity contribution is 0.0693. The van der Waals surface area contributed by atoms with Crippen molar-refractivity contribution in [2.45, 2.75) is 20.4 Å². The van der Waals surface area contributed by atoms with E-state index in [0.29, 0.717) is 11.3 Å². The highest BCUT2D eigenvalue weighted by Gasteiger charge is 2.16. The largest absolute Gasteiger partial charge is 0.508 e. The van der Waals surface area contributed by atoms with Crippen LogP contribution in [0.2, 0.25) is 0 Å². The van der Waals surface area contributed by atoms with Gasteiger partial charge in [0.1, 0.15) is 11.3 Å². The summed E-state index contributed by atoms with van der Waals surface area (Å²) < 4.78 is 1.42. The van der Waals surface area contributed by atoms with Gasteiger partial charge in [-0.1, -0.05) is 12.1 Å². The fourth-order valence-electron chi connectivity index (χ4n) is 2.17. The molecule has 0 atom stereocenters. The molecule has 0 aliphatic heterocycles. The van der Waals surface area contributed by atoms with E-state index in [9.17, 15) is 14.7 Å². The number of carboxylic acids is 1. The molecule has 0 radical (unpaired) electrons. The third kappa shape index (κ3) is 2.56. The number of hydrogen-bond donors (Lipinski definition) is 2. The summed E-state index contributed by atoms with van der Waals surface area (Å²) in [6.07, 6.45) is 0. The zero-order valence-electron chi connectivity index (χ0n) is 11.3. The highest BCUT2D eigenvalue weighted by Crippen LogP contribution is 2.12. The number of hydrogen-bond acceptors (Lipinski definition) is 3. The monoisotopic (exact) mass is 273 g/mol. The van der Waals surface area contributed by atoms with Crippen molar-refractivity contribution < 1.29 is 15.0 Å². The van der Waals surface area contributed by atoms with Gasteiger partial charge in [0.15, 0.2) is 0 Å². The molecule has 20 heavy (non-hydrogen) atoms. The molecule has 0 saturated carbocycles. The van der Waals surface area contributed by atoms with E-state index in [2.05, 4.69) is 0 Å². The molecule has 0 aliphatic carbocycles. The number of pyridine rings is 1. The number of aromatic carboxylic acids is 1. The summed E-state index contributed by atoms with van der Waals surface area (Å²) in [5.41, 5.74) is 1.26. The smallest absolute Gasteiger partial charge is 0.341 e. The Morgan fingerprint density at radius 1 is 1.20 bits per heavy atom. The predicted octanol–water partition coefficient (Wildman–Crippen LogP) is 1.92. The van der Waals surface area contributed by atoms with Crippen LogP contribution in [-0.4, -0.2) is 20.7 Å². The van der Waals surface area contributed by atoms with Gasteiger partial charge in [0.2, 0.25) is 0 Å². The van der Waals surface area contributed by atoms with Crippen LogP contribution in [0.5, 0.6) is 5.75 Å². The van der Waals surface area contributed by atoms with Gasteiger partial charge in [0, 0.05) is 5.69 Å². The molecular weight excluding hydrogens is 258 g/mol. The molecule has 0 aliphatic rings. The van der Waals surface area contributed by atoms with Gasteiger partial charge in [-0.2, -0.15) is 0 Å². The van der Waals surface area contributed by atoms with Gasteiger partial charge >= 0.3 is 5.97 Å². The summed E-state index contributed by atoms with van der Waals surface area (Å²) in [5, 5.41) is 18.4. The summed E-state index contributed by atoms with van der Waals surface area (Å²) >= 11 is 0. The number of aromatic hydroxyl groups is 1. The molecular formula is C15H15NO4. The van der Waals surface area contributed by atoms with Crippen molar-refractivity contribution in [3.05, 3.63) is 63.1 Å². The van der Waals surface area contributed by atoms with E-state index < -0.39 is 11.5 Å². The van der Waals surface area contributed by atoms with E-state index in [1.807, 2.05) is 0 Å². The van der Waals surface area contributed by atoms with Crippen LogP contribution in [0, 0.1) is 13.8 Å². The minimum absolute atomic E-state index is 0.146. The molecule has 0 amide bonds. The van der Waals surface area contributed by atoms with E-state index in [0.717, 1.165) is 5.56 Å². The van der Waals surface area contributed by atoms with Crippen molar-refractivity contribution in [1.29, 1.82) is 0 Å². The standard InChI is InChI=1S/C15H15NO4/c1-9-7-10(2)16(14(18)13(9)15(19)20)8-11-3-5-12(17)6-4-11/h3-7,17H,8H2,1-2H3,(H,19,20). The Kier molecular flexibility index (Phi) is 3.61. The maximum atomic E-state index is 12.3. The highest BCUT2D eigenvalue weighted by molar-refractivity contribution is 5.88. The lowest BCUT2D eigenvalue weighted by Crippen LogP contribution is -2.29. The van der Waals surface area contributed by atoms with Crippen LogP contribution in [-0.2, 0) is 6.54 Å². The lowest BCUT2D eigenvalue weighted by Gasteiger charge is -2.13. The normalized spacial score (nSPS) is 10.5. The van der Waals surface area contributed by atoms with Crippen LogP contribution in [0.25, 0.3) is 0 Å². The average molecular weight is 273 g/mol. The average Bonchev–Trinajstić information content (AvgIpc) is 2.36. The number of carbonyl (C=O) groups is 1. The molecule has 1 heterocycles. The van der Waals surface area contributed by atoms with Crippen molar-refractivity contribution in [2.24, 2.45) is 0 Å². The van der Waals surface area contributed by atoms with Gasteiger partial charge in [-0.15, -0.1) is 0 Å². The van der Waals surface area contributed by atoms with Crippen molar-refractivity contribution in [3.63, 3.8) is 0 Å². The molecule has 1 aromatic heterocycles. The third-order valence-electron chi connectivity index (χ3n) is 3.20. The van der Waals surface area contributed by atoms with E-state index in [4.69, 9.17) is 5.11 Å². The van der Waals surface area contributed by atoms with Crippen molar-refractivity contribution >= 4 is 5.97 Å². The zero-order valence-corrected chi connectivity index (χ0v) is 11.3. The van der Waals surface area contributed by atoms with Gasteiger partial charge in [-0.05, 0) is 43.2 Å². The minimum Gasteiger partial charge on any atom is -0.508 e. The zero-order chi connectivity index (χ0) is 14.9. The molecule has 1 aromatic carbocycles. The third-order valence-corrected chi connectivity index (χ3v) is 3.20. The van der Waals surface area contributed by atoms with E-state index >= 15 is 0 Å².